The van der Waals surface area contributed by atoms with Gasteiger partial charge in [-0.2, -0.15) is 5.10 Å². The first-order valence-corrected chi connectivity index (χ1v) is 20.5. The van der Waals surface area contributed by atoms with E-state index in [0.29, 0.717) is 42.1 Å². The highest BCUT2D eigenvalue weighted by Crippen LogP contribution is 2.45. The van der Waals surface area contributed by atoms with E-state index in [1.165, 1.54) is 0 Å². The topological polar surface area (TPSA) is 171 Å². The molecule has 2 fully saturated rings. The number of allylic oxidation sites excluding steroid dienone is 1. The van der Waals surface area contributed by atoms with E-state index in [2.05, 4.69) is 29.2 Å². The van der Waals surface area contributed by atoms with E-state index in [1.807, 2.05) is 43.5 Å². The monoisotopic (exact) mass is 748 g/mol. The minimum atomic E-state index is -3.93. The van der Waals surface area contributed by atoms with Crippen molar-refractivity contribution in [3.63, 3.8) is 0 Å². The number of aromatic nitrogens is 3. The Morgan fingerprint density at radius 2 is 1.85 bits per heavy atom. The number of carbonyl (C=O) groups is 3. The van der Waals surface area contributed by atoms with Gasteiger partial charge in [0, 0.05) is 42.0 Å². The third kappa shape index (κ3) is 8.69. The van der Waals surface area contributed by atoms with Crippen molar-refractivity contribution in [2.45, 2.75) is 121 Å². The summed E-state index contributed by atoms with van der Waals surface area (Å²) in [7, 11) is -2.32. The van der Waals surface area contributed by atoms with Gasteiger partial charge in [0.2, 0.25) is 21.8 Å². The van der Waals surface area contributed by atoms with Crippen LogP contribution in [0, 0.1) is 12.8 Å². The van der Waals surface area contributed by atoms with Crippen LogP contribution in [0.2, 0.25) is 0 Å². The number of nitrogens with zero attached hydrogens (tertiary/aromatic N) is 3. The quantitative estimate of drug-likeness (QED) is 0.233. The molecular weight excluding hydrogens is 697 g/mol. The smallest absolute Gasteiger partial charge is 0.259 e. The highest BCUT2D eigenvalue weighted by atomic mass is 32.2. The fourth-order valence-electron chi connectivity index (χ4n) is 7.37. The summed E-state index contributed by atoms with van der Waals surface area (Å²) < 4.78 is 42.5. The predicted octanol–water partition coefficient (Wildman–Crippen LogP) is 5.29. The van der Waals surface area contributed by atoms with Crippen LogP contribution in [0.5, 0.6) is 11.5 Å². The molecule has 3 heterocycles. The van der Waals surface area contributed by atoms with Gasteiger partial charge >= 0.3 is 0 Å². The Labute approximate surface area is 311 Å². The molecule has 2 aromatic heterocycles. The van der Waals surface area contributed by atoms with Gasteiger partial charge in [0.15, 0.2) is 5.82 Å². The number of benzene rings is 1. The minimum absolute atomic E-state index is 0.0386. The molecule has 0 unspecified atom stereocenters. The first-order chi connectivity index (χ1) is 25.4. The highest BCUT2D eigenvalue weighted by molar-refractivity contribution is 7.90. The lowest BCUT2D eigenvalue weighted by Gasteiger charge is -2.26. The van der Waals surface area contributed by atoms with Gasteiger partial charge in [-0.25, -0.2) is 18.1 Å². The third-order valence-electron chi connectivity index (χ3n) is 10.7. The second-order valence-electron chi connectivity index (χ2n) is 14.9. The normalized spacial score (nSPS) is 23.7. The molecule has 0 radical (unpaired) electrons. The van der Waals surface area contributed by atoms with Gasteiger partial charge in [0.05, 0.1) is 30.2 Å². The number of hydrogen-bond donors (Lipinski definition) is 3. The zero-order valence-electron chi connectivity index (χ0n) is 31.2. The maximum Gasteiger partial charge on any atom is 0.259 e. The Bertz CT molecular complexity index is 1970. The Morgan fingerprint density at radius 1 is 1.08 bits per heavy atom. The molecule has 13 nitrogen and oxygen atoms in total. The molecule has 3 aliphatic rings. The second kappa shape index (κ2) is 16.3. The van der Waals surface area contributed by atoms with E-state index in [9.17, 15) is 22.8 Å². The largest absolute Gasteiger partial charge is 0.496 e. The van der Waals surface area contributed by atoms with Gasteiger partial charge in [0.25, 0.3) is 5.91 Å². The van der Waals surface area contributed by atoms with Gasteiger partial charge in [-0.15, -0.1) is 0 Å². The number of pyridine rings is 1. The number of fused-ring (bicyclic) bond motifs is 2. The van der Waals surface area contributed by atoms with Crippen LogP contribution in [0.1, 0.15) is 108 Å². The van der Waals surface area contributed by atoms with Crippen molar-refractivity contribution in [3.05, 3.63) is 53.9 Å². The number of nitrogens with one attached hydrogen (secondary N) is 3. The Morgan fingerprint density at radius 3 is 2.58 bits per heavy atom. The molecule has 1 aliphatic heterocycles. The first-order valence-electron chi connectivity index (χ1n) is 18.9. The van der Waals surface area contributed by atoms with E-state index < -0.39 is 38.7 Å². The average Bonchev–Trinajstić information content (AvgIpc) is 3.59. The van der Waals surface area contributed by atoms with E-state index in [1.54, 1.807) is 17.9 Å². The van der Waals surface area contributed by atoms with Crippen LogP contribution in [0.4, 0.5) is 0 Å². The molecule has 2 aliphatic carbocycles. The summed E-state index contributed by atoms with van der Waals surface area (Å²) in [4.78, 5) is 45.8. The SMILES string of the molecule is COc1ccc2c(OCC[C@@H]3NC(=O)CCCCC/C=C\[C@@H]4C[C@@]4(C(=O)NS(=O)(=O)C4CCCCC4)NC3=O)cc(-n3ccc(C(C)C)n3)nc2c1C. The van der Waals surface area contributed by atoms with Gasteiger partial charge in [-0.1, -0.05) is 51.7 Å². The summed E-state index contributed by atoms with van der Waals surface area (Å²) >= 11 is 0. The number of aryl methyl sites for hydroxylation is 1. The van der Waals surface area contributed by atoms with Crippen LogP contribution in [-0.4, -0.2) is 71.5 Å². The number of carbonyl (C=O) groups excluding carboxylic acids is 3. The van der Waals surface area contributed by atoms with Crippen molar-refractivity contribution in [1.82, 2.24) is 30.1 Å². The van der Waals surface area contributed by atoms with Gasteiger partial charge in [0.1, 0.15) is 23.1 Å². The number of methoxy groups -OCH3 is 1. The first kappa shape index (κ1) is 38.3. The predicted molar refractivity (Wildman–Crippen MR) is 201 cm³/mol. The van der Waals surface area contributed by atoms with Crippen molar-refractivity contribution >= 4 is 38.6 Å². The molecule has 3 atom stereocenters. The van der Waals surface area contributed by atoms with Crippen LogP contribution >= 0.6 is 0 Å². The summed E-state index contributed by atoms with van der Waals surface area (Å²) in [5, 5.41) is 10.6. The zero-order valence-corrected chi connectivity index (χ0v) is 32.0. The summed E-state index contributed by atoms with van der Waals surface area (Å²) in [5.41, 5.74) is 0.979. The maximum absolute atomic E-state index is 14.0. The number of amides is 3. The van der Waals surface area contributed by atoms with E-state index in [4.69, 9.17) is 19.6 Å². The molecule has 0 bridgehead atoms. The van der Waals surface area contributed by atoms with Crippen LogP contribution in [0.25, 0.3) is 16.7 Å². The summed E-state index contributed by atoms with van der Waals surface area (Å²) in [6, 6.07) is 6.43. The van der Waals surface area contributed by atoms with Crippen LogP contribution in [0.15, 0.2) is 42.6 Å². The molecule has 3 N–H and O–H groups in total. The van der Waals surface area contributed by atoms with Crippen LogP contribution < -0.4 is 24.8 Å². The highest BCUT2D eigenvalue weighted by Gasteiger charge is 2.61. The molecule has 3 amide bonds. The molecule has 14 heteroatoms. The number of rotatable bonds is 10. The molecule has 3 aromatic rings. The van der Waals surface area contributed by atoms with Crippen LogP contribution in [0.3, 0.4) is 0 Å². The molecule has 0 spiro atoms. The Kier molecular flexibility index (Phi) is 11.8. The molecule has 0 saturated heterocycles. The lowest BCUT2D eigenvalue weighted by Crippen LogP contribution is -2.57. The van der Waals surface area contributed by atoms with E-state index >= 15 is 0 Å². The third-order valence-corrected chi connectivity index (χ3v) is 12.6. The molecule has 1 aromatic carbocycles. The van der Waals surface area contributed by atoms with E-state index in [0.717, 1.165) is 55.2 Å². The van der Waals surface area contributed by atoms with Crippen molar-refractivity contribution in [1.29, 1.82) is 0 Å². The van der Waals surface area contributed by atoms with Gasteiger partial charge in [-0.05, 0) is 69.6 Å². The number of ether oxygens (including phenoxy) is 2. The standard InChI is InChI=1S/C39H52N6O7S/c1-25(2)30-19-21-45(43-30)34-23-33(29-17-18-32(51-4)26(3)36(29)41-34)52-22-20-31-37(47)42-39(38(48)44-53(49,50)28-14-10-8-11-15-28)24-27(39)13-9-6-5-7-12-16-35(46)40-31/h9,13,17-19,21,23,25,27-28,31H,5-8,10-12,14-16,20,22,24H2,1-4H3,(H,40,46)(H,42,47)(H,44,48)/b13-9-/t27-,31+,39-/m1/s1. The fourth-order valence-corrected chi connectivity index (χ4v) is 8.93. The molecular formula is C39H52N6O7S. The molecule has 286 valence electrons. The zero-order chi connectivity index (χ0) is 37.8. The Balaban J connectivity index is 1.24. The average molecular weight is 749 g/mol. The summed E-state index contributed by atoms with van der Waals surface area (Å²) in [6.45, 7) is 6.10. The molecule has 2 saturated carbocycles. The lowest BCUT2D eigenvalue weighted by atomic mass is 10.0. The Hall–Kier alpha value is -4.46. The van der Waals surface area contributed by atoms with Crippen molar-refractivity contribution in [3.8, 4) is 17.3 Å². The van der Waals surface area contributed by atoms with E-state index in [-0.39, 0.29) is 43.6 Å². The lowest BCUT2D eigenvalue weighted by molar-refractivity contribution is -0.132. The second-order valence-corrected chi connectivity index (χ2v) is 16.9. The molecule has 53 heavy (non-hydrogen) atoms. The van der Waals surface area contributed by atoms with Crippen molar-refractivity contribution < 1.29 is 32.3 Å². The fraction of sp³-hybridized carbons (Fsp3) is 0.564. The van der Waals surface area contributed by atoms with Crippen molar-refractivity contribution in [2.75, 3.05) is 13.7 Å². The summed E-state index contributed by atoms with van der Waals surface area (Å²) in [5.74, 6) is 0.00687. The minimum Gasteiger partial charge on any atom is -0.496 e. The number of hydrogen-bond acceptors (Lipinski definition) is 9. The van der Waals surface area contributed by atoms with Crippen molar-refractivity contribution in [2.24, 2.45) is 5.92 Å². The maximum atomic E-state index is 14.0. The van der Waals surface area contributed by atoms with Crippen LogP contribution in [-0.2, 0) is 24.4 Å². The summed E-state index contributed by atoms with van der Waals surface area (Å²) in [6.07, 6.45) is 13.1. The molecule has 6 rings (SSSR count). The van der Waals surface area contributed by atoms with Gasteiger partial charge < -0.3 is 20.1 Å². The number of sulfonamides is 1. The van der Waals surface area contributed by atoms with Gasteiger partial charge in [-0.3, -0.25) is 19.1 Å².